The van der Waals surface area contributed by atoms with E-state index >= 15 is 0 Å². The molecule has 2 heteroatoms. The Morgan fingerprint density at radius 2 is 2.00 bits per heavy atom. The maximum Gasteiger partial charge on any atom is 0.139 e. The minimum absolute atomic E-state index is 0.0320. The number of benzene rings is 1. The average molecular weight is 298 g/mol. The first-order valence-electron chi connectivity index (χ1n) is 8.76. The normalized spacial score (nSPS) is 36.5. The van der Waals surface area contributed by atoms with Gasteiger partial charge in [0.25, 0.3) is 0 Å². The van der Waals surface area contributed by atoms with E-state index in [1.807, 2.05) is 0 Å². The van der Waals surface area contributed by atoms with Gasteiger partial charge in [0.15, 0.2) is 0 Å². The van der Waals surface area contributed by atoms with E-state index in [9.17, 15) is 4.79 Å². The summed E-state index contributed by atoms with van der Waals surface area (Å²) in [4.78, 5) is 12.4. The van der Waals surface area contributed by atoms with Crippen LogP contribution in [0, 0.1) is 24.2 Å². The van der Waals surface area contributed by atoms with Crippen LogP contribution < -0.4 is 4.74 Å². The van der Waals surface area contributed by atoms with E-state index in [-0.39, 0.29) is 5.41 Å². The minimum atomic E-state index is -0.0320. The maximum atomic E-state index is 12.4. The molecule has 3 aliphatic carbocycles. The lowest BCUT2D eigenvalue weighted by atomic mass is 9.55. The minimum Gasteiger partial charge on any atom is -0.496 e. The number of Topliss-reactive ketones (excluding diaryl/α,β-unsaturated/α-hetero) is 1. The summed E-state index contributed by atoms with van der Waals surface area (Å²) in [5.74, 6) is 3.47. The van der Waals surface area contributed by atoms with E-state index in [0.717, 1.165) is 37.9 Å². The van der Waals surface area contributed by atoms with Crippen molar-refractivity contribution in [3.05, 3.63) is 28.8 Å². The number of ketones is 1. The fraction of sp³-hybridized carbons (Fsp3) is 0.650. The Kier molecular flexibility index (Phi) is 3.15. The summed E-state index contributed by atoms with van der Waals surface area (Å²) < 4.78 is 5.71. The number of hydrogen-bond donors (Lipinski definition) is 0. The second-order valence-electron chi connectivity index (χ2n) is 7.81. The van der Waals surface area contributed by atoms with Crippen LogP contribution in [-0.2, 0) is 11.2 Å². The quantitative estimate of drug-likeness (QED) is 0.766. The van der Waals surface area contributed by atoms with Gasteiger partial charge in [0.1, 0.15) is 11.5 Å². The molecule has 0 heterocycles. The van der Waals surface area contributed by atoms with E-state index in [1.54, 1.807) is 7.11 Å². The molecule has 0 aromatic heterocycles. The molecule has 0 spiro atoms. The lowest BCUT2D eigenvalue weighted by Gasteiger charge is -2.48. The van der Waals surface area contributed by atoms with Crippen molar-refractivity contribution in [2.75, 3.05) is 7.11 Å². The zero-order valence-electron chi connectivity index (χ0n) is 13.9. The third-order valence-electron chi connectivity index (χ3n) is 7.02. The van der Waals surface area contributed by atoms with Crippen LogP contribution in [0.5, 0.6) is 5.75 Å². The number of carbonyl (C=O) groups is 1. The fourth-order valence-corrected chi connectivity index (χ4v) is 5.80. The van der Waals surface area contributed by atoms with Crippen molar-refractivity contribution in [2.24, 2.45) is 17.3 Å². The predicted molar refractivity (Wildman–Crippen MR) is 87.4 cm³/mol. The van der Waals surface area contributed by atoms with Crippen LogP contribution in [0.2, 0.25) is 0 Å². The van der Waals surface area contributed by atoms with Crippen molar-refractivity contribution in [3.63, 3.8) is 0 Å². The van der Waals surface area contributed by atoms with Gasteiger partial charge in [0.05, 0.1) is 7.11 Å². The molecule has 1 aromatic rings. The molecule has 2 nitrogen and oxygen atoms in total. The summed E-state index contributed by atoms with van der Waals surface area (Å²) in [7, 11) is 1.79. The number of rotatable bonds is 1. The smallest absolute Gasteiger partial charge is 0.139 e. The second kappa shape index (κ2) is 4.84. The van der Waals surface area contributed by atoms with Crippen molar-refractivity contribution >= 4 is 5.78 Å². The number of ether oxygens (including phenoxy) is 1. The molecule has 0 radical (unpaired) electrons. The Bertz CT molecular complexity index is 633. The molecule has 1 aromatic carbocycles. The van der Waals surface area contributed by atoms with Gasteiger partial charge in [-0.05, 0) is 74.0 Å². The van der Waals surface area contributed by atoms with Gasteiger partial charge in [-0.15, -0.1) is 0 Å². The Morgan fingerprint density at radius 3 is 2.77 bits per heavy atom. The third kappa shape index (κ3) is 1.76. The Morgan fingerprint density at radius 1 is 1.18 bits per heavy atom. The van der Waals surface area contributed by atoms with Gasteiger partial charge in [-0.25, -0.2) is 0 Å². The number of aryl methyl sites for hydroxylation is 1. The lowest BCUT2D eigenvalue weighted by molar-refractivity contribution is -0.129. The standard InChI is InChI=1S/C20H26O2/c1-12-4-8-17(22-3)19-13(12)5-6-14-15(19)10-11-20(2)16(14)7-9-18(20)21/h4,8,14-16H,5-7,9-11H2,1-3H3/t14-,15-,16-,20-/m1/s1. The first-order chi connectivity index (χ1) is 10.6. The van der Waals surface area contributed by atoms with Crippen molar-refractivity contribution in [1.82, 2.24) is 0 Å². The summed E-state index contributed by atoms with van der Waals surface area (Å²) in [6.45, 7) is 4.47. The molecule has 3 aliphatic rings. The van der Waals surface area contributed by atoms with Crippen LogP contribution in [-0.4, -0.2) is 12.9 Å². The first-order valence-corrected chi connectivity index (χ1v) is 8.76. The molecule has 2 saturated carbocycles. The van der Waals surface area contributed by atoms with E-state index in [2.05, 4.69) is 26.0 Å². The molecule has 0 bridgehead atoms. The third-order valence-corrected chi connectivity index (χ3v) is 7.02. The van der Waals surface area contributed by atoms with Crippen molar-refractivity contribution in [2.45, 2.75) is 58.3 Å². The molecule has 118 valence electrons. The van der Waals surface area contributed by atoms with Crippen LogP contribution in [0.1, 0.15) is 61.6 Å². The van der Waals surface area contributed by atoms with Gasteiger partial charge in [0, 0.05) is 17.4 Å². The highest BCUT2D eigenvalue weighted by Gasteiger charge is 2.55. The highest BCUT2D eigenvalue weighted by atomic mass is 16.5. The topological polar surface area (TPSA) is 26.3 Å². The van der Waals surface area contributed by atoms with E-state index in [0.29, 0.717) is 23.5 Å². The van der Waals surface area contributed by atoms with Crippen molar-refractivity contribution in [1.29, 1.82) is 0 Å². The lowest BCUT2D eigenvalue weighted by Crippen LogP contribution is -2.42. The molecule has 2 fully saturated rings. The molecule has 0 amide bonds. The molecule has 0 aliphatic heterocycles. The summed E-state index contributed by atoms with van der Waals surface area (Å²) in [6.07, 6.45) is 6.53. The molecule has 4 atom stereocenters. The molecule has 22 heavy (non-hydrogen) atoms. The van der Waals surface area contributed by atoms with Gasteiger partial charge in [-0.3, -0.25) is 4.79 Å². The van der Waals surface area contributed by atoms with E-state index in [4.69, 9.17) is 4.74 Å². The molecule has 0 unspecified atom stereocenters. The van der Waals surface area contributed by atoms with Crippen LogP contribution in [0.3, 0.4) is 0 Å². The van der Waals surface area contributed by atoms with Crippen molar-refractivity contribution in [3.8, 4) is 5.75 Å². The molecule has 0 saturated heterocycles. The summed E-state index contributed by atoms with van der Waals surface area (Å²) in [5.41, 5.74) is 4.37. The summed E-state index contributed by atoms with van der Waals surface area (Å²) in [6, 6.07) is 4.34. The van der Waals surface area contributed by atoms with Crippen LogP contribution >= 0.6 is 0 Å². The number of carbonyl (C=O) groups excluding carboxylic acids is 1. The monoisotopic (exact) mass is 298 g/mol. The fourth-order valence-electron chi connectivity index (χ4n) is 5.80. The SMILES string of the molecule is COc1ccc(C)c2c1[C@@H]1CC[C@@]3(C)C(=O)CC[C@@H]3[C@@H]1CC2. The highest BCUT2D eigenvalue weighted by molar-refractivity contribution is 5.87. The van der Waals surface area contributed by atoms with E-state index < -0.39 is 0 Å². The zero-order chi connectivity index (χ0) is 15.5. The molecular weight excluding hydrogens is 272 g/mol. The average Bonchev–Trinajstić information content (AvgIpc) is 2.83. The molecule has 0 N–H and O–H groups in total. The number of methoxy groups -OCH3 is 1. The van der Waals surface area contributed by atoms with Gasteiger partial charge in [-0.2, -0.15) is 0 Å². The number of hydrogen-bond acceptors (Lipinski definition) is 2. The molecule has 4 rings (SSSR count). The first kappa shape index (κ1) is 14.3. The van der Waals surface area contributed by atoms with Gasteiger partial charge >= 0.3 is 0 Å². The Hall–Kier alpha value is -1.31. The second-order valence-corrected chi connectivity index (χ2v) is 7.81. The summed E-state index contributed by atoms with van der Waals surface area (Å²) >= 11 is 0. The van der Waals surface area contributed by atoms with E-state index in [1.165, 1.54) is 23.1 Å². The molecular formula is C20H26O2. The van der Waals surface area contributed by atoms with Crippen LogP contribution in [0.15, 0.2) is 12.1 Å². The van der Waals surface area contributed by atoms with Crippen LogP contribution in [0.4, 0.5) is 0 Å². The zero-order valence-corrected chi connectivity index (χ0v) is 13.9. The largest absolute Gasteiger partial charge is 0.496 e. The predicted octanol–water partition coefficient (Wildman–Crippen LogP) is 4.43. The van der Waals surface area contributed by atoms with Gasteiger partial charge in [-0.1, -0.05) is 13.0 Å². The summed E-state index contributed by atoms with van der Waals surface area (Å²) in [5, 5.41) is 0. The number of fused-ring (bicyclic) bond motifs is 5. The van der Waals surface area contributed by atoms with Crippen molar-refractivity contribution < 1.29 is 9.53 Å². The highest BCUT2D eigenvalue weighted by Crippen LogP contribution is 2.60. The maximum absolute atomic E-state index is 12.4. The Labute approximate surface area is 133 Å². The van der Waals surface area contributed by atoms with Gasteiger partial charge < -0.3 is 4.74 Å². The van der Waals surface area contributed by atoms with Crippen LogP contribution in [0.25, 0.3) is 0 Å². The van der Waals surface area contributed by atoms with Gasteiger partial charge in [0.2, 0.25) is 0 Å². The Balaban J connectivity index is 1.79.